The Morgan fingerprint density at radius 1 is 1.50 bits per heavy atom. The second-order valence-corrected chi connectivity index (χ2v) is 4.81. The zero-order chi connectivity index (χ0) is 13.0. The van der Waals surface area contributed by atoms with E-state index < -0.39 is 0 Å². The van der Waals surface area contributed by atoms with Gasteiger partial charge in [-0.1, -0.05) is 0 Å². The Morgan fingerprint density at radius 2 is 2.33 bits per heavy atom. The van der Waals surface area contributed by atoms with Gasteiger partial charge in [-0.2, -0.15) is 0 Å². The number of pyridine rings is 1. The Bertz CT molecular complexity index is 401. The molecule has 1 aliphatic rings. The van der Waals surface area contributed by atoms with E-state index in [1.54, 1.807) is 7.11 Å². The Labute approximate surface area is 109 Å². The van der Waals surface area contributed by atoms with Crippen LogP contribution in [0.25, 0.3) is 0 Å². The highest BCUT2D eigenvalue weighted by Crippen LogP contribution is 2.23. The third-order valence-corrected chi connectivity index (χ3v) is 3.44. The summed E-state index contributed by atoms with van der Waals surface area (Å²) in [5, 5.41) is 3.41. The summed E-state index contributed by atoms with van der Waals surface area (Å²) in [4.78, 5) is 4.47. The molecule has 1 N–H and O–H groups in total. The molecule has 1 unspecified atom stereocenters. The quantitative estimate of drug-likeness (QED) is 0.867. The third kappa shape index (κ3) is 3.00. The Kier molecular flexibility index (Phi) is 4.55. The molecule has 0 amide bonds. The van der Waals surface area contributed by atoms with E-state index in [1.165, 1.54) is 6.42 Å². The molecule has 1 aliphatic heterocycles. The van der Waals surface area contributed by atoms with Crippen molar-refractivity contribution < 1.29 is 9.47 Å². The fraction of sp³-hybridized carbons (Fsp3) is 0.643. The van der Waals surface area contributed by atoms with Crippen molar-refractivity contribution in [3.05, 3.63) is 23.0 Å². The van der Waals surface area contributed by atoms with Crippen LogP contribution in [0.3, 0.4) is 0 Å². The number of hydrogen-bond acceptors (Lipinski definition) is 4. The van der Waals surface area contributed by atoms with Crippen molar-refractivity contribution in [3.63, 3.8) is 0 Å². The lowest BCUT2D eigenvalue weighted by atomic mass is 10.1. The van der Waals surface area contributed by atoms with E-state index in [0.717, 1.165) is 48.7 Å². The zero-order valence-electron chi connectivity index (χ0n) is 11.5. The Morgan fingerprint density at radius 3 is 3.00 bits per heavy atom. The summed E-state index contributed by atoms with van der Waals surface area (Å²) < 4.78 is 11.0. The van der Waals surface area contributed by atoms with Gasteiger partial charge < -0.3 is 14.8 Å². The molecule has 1 saturated heterocycles. The molecule has 2 rings (SSSR count). The summed E-state index contributed by atoms with van der Waals surface area (Å²) in [7, 11) is 1.71. The van der Waals surface area contributed by atoms with E-state index in [4.69, 9.17) is 9.47 Å². The largest absolute Gasteiger partial charge is 0.496 e. The summed E-state index contributed by atoms with van der Waals surface area (Å²) in [6, 6.07) is 0. The highest BCUT2D eigenvalue weighted by molar-refractivity contribution is 5.40. The van der Waals surface area contributed by atoms with E-state index in [1.807, 2.05) is 13.1 Å². The lowest BCUT2D eigenvalue weighted by molar-refractivity contribution is 0.110. The van der Waals surface area contributed by atoms with Crippen LogP contribution in [-0.4, -0.2) is 31.3 Å². The number of rotatable bonds is 5. The van der Waals surface area contributed by atoms with Crippen molar-refractivity contribution in [1.29, 1.82) is 0 Å². The van der Waals surface area contributed by atoms with Gasteiger partial charge in [0, 0.05) is 37.0 Å². The molecule has 1 fully saturated rings. The highest BCUT2D eigenvalue weighted by atomic mass is 16.5. The second-order valence-electron chi connectivity index (χ2n) is 4.81. The predicted molar refractivity (Wildman–Crippen MR) is 70.9 cm³/mol. The van der Waals surface area contributed by atoms with Crippen molar-refractivity contribution in [2.24, 2.45) is 0 Å². The Balaban J connectivity index is 1.92. The first-order valence-corrected chi connectivity index (χ1v) is 6.53. The highest BCUT2D eigenvalue weighted by Gasteiger charge is 2.15. The van der Waals surface area contributed by atoms with E-state index >= 15 is 0 Å². The fourth-order valence-corrected chi connectivity index (χ4v) is 2.41. The normalized spacial score (nSPS) is 19.2. The van der Waals surface area contributed by atoms with Crippen LogP contribution >= 0.6 is 0 Å². The lowest BCUT2D eigenvalue weighted by Crippen LogP contribution is -2.26. The number of aryl methyl sites for hydroxylation is 1. The second kappa shape index (κ2) is 6.16. The van der Waals surface area contributed by atoms with Gasteiger partial charge in [0.05, 0.1) is 18.9 Å². The van der Waals surface area contributed by atoms with Crippen LogP contribution in [0.5, 0.6) is 5.75 Å². The van der Waals surface area contributed by atoms with Crippen LogP contribution in [0, 0.1) is 13.8 Å². The first-order valence-electron chi connectivity index (χ1n) is 6.53. The van der Waals surface area contributed by atoms with E-state index in [9.17, 15) is 0 Å². The molecule has 4 nitrogen and oxygen atoms in total. The standard InChI is InChI=1S/C14H22N2O2/c1-10-7-16-13(11(2)14(10)17-3)9-15-8-12-5-4-6-18-12/h7,12,15H,4-6,8-9H2,1-3H3. The van der Waals surface area contributed by atoms with Gasteiger partial charge in [-0.3, -0.25) is 4.98 Å². The first kappa shape index (κ1) is 13.3. The smallest absolute Gasteiger partial charge is 0.128 e. The van der Waals surface area contributed by atoms with Crippen LogP contribution in [0.4, 0.5) is 0 Å². The molecular weight excluding hydrogens is 228 g/mol. The minimum Gasteiger partial charge on any atom is -0.496 e. The molecular formula is C14H22N2O2. The van der Waals surface area contributed by atoms with Crippen molar-refractivity contribution in [2.45, 2.75) is 39.3 Å². The molecule has 0 radical (unpaired) electrons. The average Bonchev–Trinajstić information content (AvgIpc) is 2.86. The summed E-state index contributed by atoms with van der Waals surface area (Å²) in [6.45, 7) is 6.64. The van der Waals surface area contributed by atoms with Crippen LogP contribution in [-0.2, 0) is 11.3 Å². The number of nitrogens with zero attached hydrogens (tertiary/aromatic N) is 1. The van der Waals surface area contributed by atoms with E-state index in [2.05, 4.69) is 17.2 Å². The first-order chi connectivity index (χ1) is 8.72. The molecule has 0 saturated carbocycles. The van der Waals surface area contributed by atoms with Gasteiger partial charge in [0.25, 0.3) is 0 Å². The molecule has 100 valence electrons. The van der Waals surface area contributed by atoms with E-state index in [-0.39, 0.29) is 0 Å². The Hall–Kier alpha value is -1.13. The molecule has 1 atom stereocenters. The molecule has 0 aliphatic carbocycles. The monoisotopic (exact) mass is 250 g/mol. The van der Waals surface area contributed by atoms with Crippen LogP contribution in [0.15, 0.2) is 6.20 Å². The van der Waals surface area contributed by atoms with Gasteiger partial charge >= 0.3 is 0 Å². The lowest BCUT2D eigenvalue weighted by Gasteiger charge is -2.14. The molecule has 1 aromatic rings. The van der Waals surface area contributed by atoms with Gasteiger partial charge in [0.2, 0.25) is 0 Å². The number of nitrogens with one attached hydrogen (secondary N) is 1. The van der Waals surface area contributed by atoms with Crippen LogP contribution < -0.4 is 10.1 Å². The zero-order valence-corrected chi connectivity index (χ0v) is 11.5. The number of aromatic nitrogens is 1. The number of hydrogen-bond donors (Lipinski definition) is 1. The SMILES string of the molecule is COc1c(C)cnc(CNCC2CCCO2)c1C. The molecule has 18 heavy (non-hydrogen) atoms. The molecule has 0 aromatic carbocycles. The fourth-order valence-electron chi connectivity index (χ4n) is 2.41. The van der Waals surface area contributed by atoms with Crippen molar-refractivity contribution in [2.75, 3.05) is 20.3 Å². The predicted octanol–water partition coefficient (Wildman–Crippen LogP) is 1.98. The summed E-state index contributed by atoms with van der Waals surface area (Å²) >= 11 is 0. The van der Waals surface area contributed by atoms with Gasteiger partial charge in [-0.05, 0) is 26.7 Å². The molecule has 0 spiro atoms. The van der Waals surface area contributed by atoms with Gasteiger partial charge in [0.1, 0.15) is 5.75 Å². The summed E-state index contributed by atoms with van der Waals surface area (Å²) in [5.41, 5.74) is 3.26. The minimum atomic E-state index is 0.373. The van der Waals surface area contributed by atoms with Crippen LogP contribution in [0.2, 0.25) is 0 Å². The topological polar surface area (TPSA) is 43.4 Å². The average molecular weight is 250 g/mol. The maximum absolute atomic E-state index is 5.58. The minimum absolute atomic E-state index is 0.373. The van der Waals surface area contributed by atoms with Gasteiger partial charge in [-0.15, -0.1) is 0 Å². The summed E-state index contributed by atoms with van der Waals surface area (Å²) in [6.07, 6.45) is 4.59. The molecule has 1 aromatic heterocycles. The molecule has 2 heterocycles. The number of methoxy groups -OCH3 is 1. The van der Waals surface area contributed by atoms with Crippen molar-refractivity contribution in [1.82, 2.24) is 10.3 Å². The maximum atomic E-state index is 5.58. The van der Waals surface area contributed by atoms with Gasteiger partial charge in [0.15, 0.2) is 0 Å². The number of ether oxygens (including phenoxy) is 2. The molecule has 0 bridgehead atoms. The van der Waals surface area contributed by atoms with Crippen molar-refractivity contribution >= 4 is 0 Å². The molecule has 4 heteroatoms. The maximum Gasteiger partial charge on any atom is 0.128 e. The third-order valence-electron chi connectivity index (χ3n) is 3.44. The van der Waals surface area contributed by atoms with Crippen LogP contribution in [0.1, 0.15) is 29.7 Å². The van der Waals surface area contributed by atoms with Crippen molar-refractivity contribution in [3.8, 4) is 5.75 Å². The van der Waals surface area contributed by atoms with E-state index in [0.29, 0.717) is 6.10 Å². The summed E-state index contributed by atoms with van der Waals surface area (Å²) in [5.74, 6) is 0.943. The van der Waals surface area contributed by atoms with Gasteiger partial charge in [-0.25, -0.2) is 0 Å².